The van der Waals surface area contributed by atoms with E-state index in [9.17, 15) is 18.3 Å². The van der Waals surface area contributed by atoms with E-state index >= 15 is 0 Å². The number of fused-ring (bicyclic) bond motifs is 2. The molecule has 3 aliphatic carbocycles. The van der Waals surface area contributed by atoms with E-state index in [1.165, 1.54) is 19.3 Å². The summed E-state index contributed by atoms with van der Waals surface area (Å²) in [6.45, 7) is 0.827. The minimum Gasteiger partial charge on any atom is -0.380 e. The summed E-state index contributed by atoms with van der Waals surface area (Å²) in [4.78, 5) is 0. The fourth-order valence-electron chi connectivity index (χ4n) is 5.29. The molecule has 0 radical (unpaired) electrons. The van der Waals surface area contributed by atoms with Gasteiger partial charge in [-0.1, -0.05) is 6.42 Å². The third-order valence-electron chi connectivity index (χ3n) is 6.79. The topological polar surface area (TPSA) is 41.5 Å². The van der Waals surface area contributed by atoms with Crippen LogP contribution in [-0.2, 0) is 4.74 Å². The summed E-state index contributed by atoms with van der Waals surface area (Å²) >= 11 is 0. The lowest BCUT2D eigenvalue weighted by Crippen LogP contribution is -2.72. The zero-order valence-electron chi connectivity index (χ0n) is 12.7. The van der Waals surface area contributed by atoms with Gasteiger partial charge in [0.1, 0.15) is 0 Å². The molecular formula is C16H24F3NO2. The maximum atomic E-state index is 12.9. The molecule has 1 spiro atoms. The number of ether oxygens (including phenoxy) is 1. The van der Waals surface area contributed by atoms with Crippen LogP contribution in [0.1, 0.15) is 51.4 Å². The van der Waals surface area contributed by atoms with Crippen molar-refractivity contribution in [3.05, 3.63) is 0 Å². The van der Waals surface area contributed by atoms with Crippen molar-refractivity contribution in [3.8, 4) is 0 Å². The Bertz CT molecular complexity index is 441. The van der Waals surface area contributed by atoms with Crippen LogP contribution < -0.4 is 5.32 Å². The predicted octanol–water partition coefficient (Wildman–Crippen LogP) is 2.77. The quantitative estimate of drug-likeness (QED) is 0.822. The number of nitrogens with one attached hydrogen (secondary N) is 1. The average molecular weight is 319 g/mol. The predicted molar refractivity (Wildman–Crippen MR) is 74.3 cm³/mol. The highest BCUT2D eigenvalue weighted by atomic mass is 19.4. The number of hydrogen-bond acceptors (Lipinski definition) is 3. The number of aliphatic hydroxyl groups is 1. The molecule has 2 N–H and O–H groups in total. The highest BCUT2D eigenvalue weighted by molar-refractivity contribution is 5.19. The molecule has 0 aromatic carbocycles. The zero-order valence-corrected chi connectivity index (χ0v) is 12.7. The van der Waals surface area contributed by atoms with Gasteiger partial charge in [0.25, 0.3) is 0 Å². The first-order chi connectivity index (χ1) is 10.4. The molecule has 3 nitrogen and oxygen atoms in total. The van der Waals surface area contributed by atoms with Crippen molar-refractivity contribution in [2.75, 3.05) is 6.61 Å². The zero-order chi connectivity index (χ0) is 15.6. The van der Waals surface area contributed by atoms with E-state index in [1.54, 1.807) is 0 Å². The van der Waals surface area contributed by atoms with Gasteiger partial charge in [0.15, 0.2) is 5.60 Å². The SMILES string of the molecule is OC1(C(F)(F)F)CCC(NC2C3CCOC3C23CCC3)CC1. The highest BCUT2D eigenvalue weighted by Crippen LogP contribution is 2.63. The van der Waals surface area contributed by atoms with E-state index in [4.69, 9.17) is 4.74 Å². The molecule has 0 amide bonds. The summed E-state index contributed by atoms with van der Waals surface area (Å²) in [7, 11) is 0. The Hall–Kier alpha value is -0.330. The van der Waals surface area contributed by atoms with Gasteiger partial charge in [-0.3, -0.25) is 0 Å². The van der Waals surface area contributed by atoms with Crippen molar-refractivity contribution < 1.29 is 23.0 Å². The van der Waals surface area contributed by atoms with Crippen molar-refractivity contribution in [3.63, 3.8) is 0 Å². The second-order valence-electron chi connectivity index (χ2n) is 7.78. The van der Waals surface area contributed by atoms with Gasteiger partial charge in [-0.25, -0.2) is 0 Å². The molecule has 3 unspecified atom stereocenters. The smallest absolute Gasteiger partial charge is 0.380 e. The molecule has 22 heavy (non-hydrogen) atoms. The molecule has 0 aromatic heterocycles. The molecule has 6 heteroatoms. The minimum absolute atomic E-state index is 0.103. The van der Waals surface area contributed by atoms with Crippen molar-refractivity contribution >= 4 is 0 Å². The molecule has 0 aromatic rings. The van der Waals surface area contributed by atoms with Gasteiger partial charge < -0.3 is 15.2 Å². The van der Waals surface area contributed by atoms with Crippen LogP contribution in [0, 0.1) is 11.3 Å². The van der Waals surface area contributed by atoms with Gasteiger partial charge >= 0.3 is 6.18 Å². The number of hydrogen-bond donors (Lipinski definition) is 2. The van der Waals surface area contributed by atoms with Gasteiger partial charge in [-0.2, -0.15) is 13.2 Å². The Morgan fingerprint density at radius 2 is 1.73 bits per heavy atom. The van der Waals surface area contributed by atoms with Crippen LogP contribution in [-0.4, -0.2) is 41.7 Å². The average Bonchev–Trinajstić information content (AvgIpc) is 2.80. The van der Waals surface area contributed by atoms with E-state index in [0.717, 1.165) is 13.0 Å². The fraction of sp³-hybridized carbons (Fsp3) is 1.00. The molecular weight excluding hydrogens is 295 g/mol. The Balaban J connectivity index is 1.37. The van der Waals surface area contributed by atoms with Gasteiger partial charge in [-0.15, -0.1) is 0 Å². The number of rotatable bonds is 2. The fourth-order valence-corrected chi connectivity index (χ4v) is 5.29. The maximum absolute atomic E-state index is 12.9. The monoisotopic (exact) mass is 319 g/mol. The van der Waals surface area contributed by atoms with Crippen LogP contribution in [0.3, 0.4) is 0 Å². The molecule has 4 aliphatic rings. The lowest BCUT2D eigenvalue weighted by molar-refractivity contribution is -0.271. The summed E-state index contributed by atoms with van der Waals surface area (Å²) < 4.78 is 44.5. The lowest BCUT2D eigenvalue weighted by atomic mass is 9.46. The first kappa shape index (κ1) is 15.2. The molecule has 1 saturated heterocycles. The molecule has 4 rings (SSSR count). The Morgan fingerprint density at radius 1 is 1.05 bits per heavy atom. The van der Waals surface area contributed by atoms with Crippen LogP contribution in [0.15, 0.2) is 0 Å². The lowest BCUT2D eigenvalue weighted by Gasteiger charge is -2.64. The number of halogens is 3. The summed E-state index contributed by atoms with van der Waals surface area (Å²) in [5, 5.41) is 13.4. The Morgan fingerprint density at radius 3 is 2.27 bits per heavy atom. The van der Waals surface area contributed by atoms with E-state index in [2.05, 4.69) is 5.32 Å². The van der Waals surface area contributed by atoms with Crippen LogP contribution in [0.25, 0.3) is 0 Å². The van der Waals surface area contributed by atoms with Crippen LogP contribution in [0.4, 0.5) is 13.2 Å². The normalized spacial score (nSPS) is 46.9. The first-order valence-electron chi connectivity index (χ1n) is 8.53. The van der Waals surface area contributed by atoms with Crippen LogP contribution in [0.2, 0.25) is 0 Å². The molecule has 0 bridgehead atoms. The van der Waals surface area contributed by atoms with Crippen molar-refractivity contribution in [1.29, 1.82) is 0 Å². The summed E-state index contributed by atoms with van der Waals surface area (Å²) in [5.41, 5.74) is -2.21. The maximum Gasteiger partial charge on any atom is 0.417 e. The Kier molecular flexibility index (Phi) is 3.34. The first-order valence-corrected chi connectivity index (χ1v) is 8.53. The van der Waals surface area contributed by atoms with Gasteiger partial charge in [0.05, 0.1) is 6.10 Å². The molecule has 1 heterocycles. The van der Waals surface area contributed by atoms with Crippen LogP contribution >= 0.6 is 0 Å². The molecule has 126 valence electrons. The van der Waals surface area contributed by atoms with Gasteiger partial charge in [0.2, 0.25) is 0 Å². The molecule has 4 fully saturated rings. The van der Waals surface area contributed by atoms with E-state index < -0.39 is 11.8 Å². The summed E-state index contributed by atoms with van der Waals surface area (Å²) in [5.74, 6) is 0.545. The van der Waals surface area contributed by atoms with Gasteiger partial charge in [0, 0.05) is 30.0 Å². The van der Waals surface area contributed by atoms with E-state index in [1.807, 2.05) is 0 Å². The Labute approximate surface area is 128 Å². The second-order valence-corrected chi connectivity index (χ2v) is 7.78. The van der Waals surface area contributed by atoms with E-state index in [0.29, 0.717) is 30.9 Å². The van der Waals surface area contributed by atoms with Crippen molar-refractivity contribution in [2.45, 2.75) is 81.3 Å². The van der Waals surface area contributed by atoms with Gasteiger partial charge in [-0.05, 0) is 44.9 Å². The second kappa shape index (κ2) is 4.84. The summed E-state index contributed by atoms with van der Waals surface area (Å²) in [6, 6.07) is 0.516. The largest absolute Gasteiger partial charge is 0.417 e. The minimum atomic E-state index is -4.51. The van der Waals surface area contributed by atoms with Crippen LogP contribution in [0.5, 0.6) is 0 Å². The van der Waals surface area contributed by atoms with Crippen molar-refractivity contribution in [1.82, 2.24) is 5.32 Å². The van der Waals surface area contributed by atoms with Crippen molar-refractivity contribution in [2.24, 2.45) is 11.3 Å². The standard InChI is InChI=1S/C16H24F3NO2/c17-16(18,19)15(21)7-2-10(3-8-15)20-12-11-4-9-22-13(11)14(12)5-1-6-14/h10-13,20-21H,1-9H2. The third kappa shape index (κ3) is 1.99. The molecule has 3 atom stereocenters. The summed E-state index contributed by atoms with van der Waals surface area (Å²) in [6.07, 6.45) is 1.00. The van der Waals surface area contributed by atoms with E-state index in [-0.39, 0.29) is 24.3 Å². The highest BCUT2D eigenvalue weighted by Gasteiger charge is 2.66. The molecule has 1 aliphatic heterocycles. The third-order valence-corrected chi connectivity index (χ3v) is 6.79. The number of alkyl halides is 3. The molecule has 3 saturated carbocycles.